The first kappa shape index (κ1) is 9.79. The predicted octanol–water partition coefficient (Wildman–Crippen LogP) is -0.840. The summed E-state index contributed by atoms with van der Waals surface area (Å²) in [7, 11) is 0. The van der Waals surface area contributed by atoms with Crippen molar-refractivity contribution < 1.29 is 5.21 Å². The van der Waals surface area contributed by atoms with Crippen molar-refractivity contribution in [3.05, 3.63) is 0 Å². The molecule has 5 N–H and O–H groups in total. The van der Waals surface area contributed by atoms with Crippen LogP contribution in [0.15, 0.2) is 10.1 Å². The third-order valence-electron chi connectivity index (χ3n) is 0.637. The van der Waals surface area contributed by atoms with Gasteiger partial charge in [0.05, 0.1) is 0 Å². The van der Waals surface area contributed by atoms with E-state index < -0.39 is 0 Å². The van der Waals surface area contributed by atoms with Crippen LogP contribution in [0, 0.1) is 0 Å². The Balaban J connectivity index is 3.81. The lowest BCUT2D eigenvalue weighted by Gasteiger charge is -1.94. The molecule has 0 aromatic rings. The molecule has 11 heavy (non-hydrogen) atoms. The van der Waals surface area contributed by atoms with E-state index in [4.69, 9.17) is 10.9 Å². The Hall–Kier alpha value is -1.21. The second kappa shape index (κ2) is 5.57. The molecule has 0 aliphatic rings. The lowest BCUT2D eigenvalue weighted by Crippen LogP contribution is -2.24. The lowest BCUT2D eigenvalue weighted by molar-refractivity contribution is 0.240. The molecule has 0 aliphatic heterocycles. The summed E-state index contributed by atoms with van der Waals surface area (Å²) in [6, 6.07) is 0. The van der Waals surface area contributed by atoms with Crippen LogP contribution in [0.3, 0.4) is 0 Å². The second-order valence-corrected chi connectivity index (χ2v) is 1.96. The molecule has 0 aromatic carbocycles. The zero-order valence-electron chi connectivity index (χ0n) is 5.90. The van der Waals surface area contributed by atoms with E-state index in [1.165, 1.54) is 0 Å². The standard InChI is InChI=1S/C4H9N5OS/c1-3(6-2-7-10)8-9-4(5)11/h2,10H,1H3,(H3,5,9,11)(H,6,7,8). The highest BCUT2D eigenvalue weighted by atomic mass is 32.1. The number of amidine groups is 1. The highest BCUT2D eigenvalue weighted by Gasteiger charge is 1.83. The van der Waals surface area contributed by atoms with Gasteiger partial charge in [-0.3, -0.25) is 16.1 Å². The molecular formula is C4H9N5OS. The average molecular weight is 175 g/mol. The quantitative estimate of drug-likeness (QED) is 0.190. The largest absolute Gasteiger partial charge is 0.375 e. The van der Waals surface area contributed by atoms with Gasteiger partial charge in [0.2, 0.25) is 0 Å². The second-order valence-electron chi connectivity index (χ2n) is 1.52. The van der Waals surface area contributed by atoms with Crippen molar-refractivity contribution in [3.63, 3.8) is 0 Å². The molecule has 0 saturated carbocycles. The first-order valence-electron chi connectivity index (χ1n) is 2.68. The molecule has 62 valence electrons. The van der Waals surface area contributed by atoms with Crippen LogP contribution in [-0.2, 0) is 0 Å². The van der Waals surface area contributed by atoms with Crippen molar-refractivity contribution in [2.24, 2.45) is 15.8 Å². The van der Waals surface area contributed by atoms with Crippen LogP contribution in [0.4, 0.5) is 0 Å². The number of nitrogens with zero attached hydrogens (tertiary/aromatic N) is 2. The maximum atomic E-state index is 8.07. The molecule has 0 atom stereocenters. The highest BCUT2D eigenvalue weighted by molar-refractivity contribution is 7.80. The van der Waals surface area contributed by atoms with Crippen molar-refractivity contribution in [1.29, 1.82) is 0 Å². The summed E-state index contributed by atoms with van der Waals surface area (Å²) in [5.74, 6) is 0.388. The number of hydrazone groups is 1. The van der Waals surface area contributed by atoms with Crippen LogP contribution >= 0.6 is 12.2 Å². The van der Waals surface area contributed by atoms with E-state index in [-0.39, 0.29) is 5.11 Å². The van der Waals surface area contributed by atoms with E-state index in [1.54, 1.807) is 12.4 Å². The summed E-state index contributed by atoms with van der Waals surface area (Å²) >= 11 is 4.47. The number of thiocarbonyl (C=S) groups is 1. The predicted molar refractivity (Wildman–Crippen MR) is 46.4 cm³/mol. The highest BCUT2D eigenvalue weighted by Crippen LogP contribution is 1.73. The maximum Gasteiger partial charge on any atom is 0.184 e. The van der Waals surface area contributed by atoms with Crippen LogP contribution in [0.25, 0.3) is 0 Å². The normalized spacial score (nSPS) is 11.6. The van der Waals surface area contributed by atoms with Gasteiger partial charge in [0.1, 0.15) is 12.2 Å². The maximum absolute atomic E-state index is 8.07. The number of nitrogens with two attached hydrogens (primary N) is 1. The van der Waals surface area contributed by atoms with Crippen LogP contribution < -0.4 is 16.6 Å². The molecule has 0 aromatic heterocycles. The van der Waals surface area contributed by atoms with Gasteiger partial charge in [0.25, 0.3) is 0 Å². The summed E-state index contributed by atoms with van der Waals surface area (Å²) in [5.41, 5.74) is 9.12. The molecule has 0 rings (SSSR count). The lowest BCUT2D eigenvalue weighted by atomic mass is 10.7. The Labute approximate surface area is 69.1 Å². The fraction of sp³-hybridized carbons (Fsp3) is 0.250. The van der Waals surface area contributed by atoms with Crippen LogP contribution in [0.5, 0.6) is 0 Å². The van der Waals surface area contributed by atoms with E-state index in [0.717, 1.165) is 6.34 Å². The number of hydrogen-bond acceptors (Lipinski definition) is 3. The molecule has 0 spiro atoms. The first-order valence-corrected chi connectivity index (χ1v) is 3.09. The van der Waals surface area contributed by atoms with Gasteiger partial charge in [0.15, 0.2) is 5.11 Å². The van der Waals surface area contributed by atoms with E-state index in [0.29, 0.717) is 5.84 Å². The van der Waals surface area contributed by atoms with Gasteiger partial charge < -0.3 is 5.73 Å². The Bertz CT molecular complexity index is 189. The molecule has 0 aliphatic carbocycles. The molecule has 0 amide bonds. The van der Waals surface area contributed by atoms with Crippen molar-refractivity contribution in [3.8, 4) is 0 Å². The minimum absolute atomic E-state index is 0.0662. The Morgan fingerprint density at radius 2 is 2.36 bits per heavy atom. The molecule has 0 saturated heterocycles. The van der Waals surface area contributed by atoms with Crippen molar-refractivity contribution >= 4 is 29.5 Å². The van der Waals surface area contributed by atoms with Gasteiger partial charge in [-0.05, 0) is 19.1 Å². The number of hydrogen-bond donors (Lipinski definition) is 4. The summed E-state index contributed by atoms with van der Waals surface area (Å²) in [4.78, 5) is 3.60. The fourth-order valence-corrected chi connectivity index (χ4v) is 0.333. The SMILES string of the molecule is CC(N=CNO)=NNC(N)=S. The zero-order valence-corrected chi connectivity index (χ0v) is 6.72. The number of nitrogens with one attached hydrogen (secondary N) is 2. The molecule has 0 bridgehead atoms. The van der Waals surface area contributed by atoms with Crippen molar-refractivity contribution in [1.82, 2.24) is 10.9 Å². The van der Waals surface area contributed by atoms with E-state index >= 15 is 0 Å². The van der Waals surface area contributed by atoms with E-state index in [1.807, 2.05) is 0 Å². The van der Waals surface area contributed by atoms with Crippen molar-refractivity contribution in [2.75, 3.05) is 0 Å². The Morgan fingerprint density at radius 3 is 2.82 bits per heavy atom. The third kappa shape index (κ3) is 6.68. The van der Waals surface area contributed by atoms with Gasteiger partial charge in [-0.25, -0.2) is 4.99 Å². The minimum atomic E-state index is 0.0662. The van der Waals surface area contributed by atoms with E-state index in [2.05, 4.69) is 27.7 Å². The minimum Gasteiger partial charge on any atom is -0.375 e. The zero-order chi connectivity index (χ0) is 8.69. The summed E-state index contributed by atoms with van der Waals surface area (Å²) in [5, 5.41) is 11.7. The summed E-state index contributed by atoms with van der Waals surface area (Å²) in [6.07, 6.45) is 1.07. The number of aliphatic imine (C=N–C) groups is 1. The Kier molecular flexibility index (Phi) is 4.95. The smallest absolute Gasteiger partial charge is 0.184 e. The number of hydroxylamine groups is 1. The van der Waals surface area contributed by atoms with Crippen LogP contribution in [0.1, 0.15) is 6.92 Å². The van der Waals surface area contributed by atoms with Gasteiger partial charge in [-0.15, -0.1) is 0 Å². The van der Waals surface area contributed by atoms with Gasteiger partial charge in [-0.2, -0.15) is 5.10 Å². The average Bonchev–Trinajstić information content (AvgIpc) is 1.97. The molecule has 7 heteroatoms. The molecular weight excluding hydrogens is 166 g/mol. The summed E-state index contributed by atoms with van der Waals surface area (Å²) in [6.45, 7) is 1.61. The van der Waals surface area contributed by atoms with Crippen LogP contribution in [-0.4, -0.2) is 22.5 Å². The fourth-order valence-electron chi connectivity index (χ4n) is 0.287. The summed E-state index contributed by atoms with van der Waals surface area (Å²) < 4.78 is 0. The topological polar surface area (TPSA) is 95.0 Å². The van der Waals surface area contributed by atoms with Gasteiger partial charge >= 0.3 is 0 Å². The van der Waals surface area contributed by atoms with E-state index in [9.17, 15) is 0 Å². The number of rotatable bonds is 2. The molecule has 0 radical (unpaired) electrons. The third-order valence-corrected chi connectivity index (χ3v) is 0.728. The molecule has 0 fully saturated rings. The first-order chi connectivity index (χ1) is 5.16. The van der Waals surface area contributed by atoms with Crippen LogP contribution in [0.2, 0.25) is 0 Å². The molecule has 6 nitrogen and oxygen atoms in total. The molecule has 0 heterocycles. The Morgan fingerprint density at radius 1 is 1.73 bits per heavy atom. The van der Waals surface area contributed by atoms with Gasteiger partial charge in [0, 0.05) is 0 Å². The van der Waals surface area contributed by atoms with Gasteiger partial charge in [-0.1, -0.05) is 0 Å². The van der Waals surface area contributed by atoms with Crippen molar-refractivity contribution in [2.45, 2.75) is 6.92 Å². The molecule has 0 unspecified atom stereocenters. The monoisotopic (exact) mass is 175 g/mol.